The third-order valence-electron chi connectivity index (χ3n) is 5.49. The van der Waals surface area contributed by atoms with Gasteiger partial charge in [0.25, 0.3) is 5.91 Å². The van der Waals surface area contributed by atoms with Crippen molar-refractivity contribution >= 4 is 28.8 Å². The number of nitrogens with zero attached hydrogens (tertiary/aromatic N) is 1. The van der Waals surface area contributed by atoms with Crippen LogP contribution in [0.1, 0.15) is 68.1 Å². The molecule has 1 saturated carbocycles. The minimum Gasteiger partial charge on any atom is -0.334 e. The zero-order chi connectivity index (χ0) is 21.7. The van der Waals surface area contributed by atoms with Crippen molar-refractivity contribution in [3.63, 3.8) is 0 Å². The average Bonchev–Trinajstić information content (AvgIpc) is 3.22. The van der Waals surface area contributed by atoms with Crippen molar-refractivity contribution in [3.05, 3.63) is 52.2 Å². The highest BCUT2D eigenvalue weighted by molar-refractivity contribution is 7.12. The zero-order valence-electron chi connectivity index (χ0n) is 18.2. The smallest absolute Gasteiger partial charge is 0.265 e. The molecule has 3 rings (SSSR count). The van der Waals surface area contributed by atoms with Gasteiger partial charge in [-0.3, -0.25) is 9.59 Å². The Hall–Kier alpha value is -2.18. The minimum atomic E-state index is -0.104. The molecule has 1 aromatic carbocycles. The van der Waals surface area contributed by atoms with Crippen LogP contribution in [0.2, 0.25) is 0 Å². The quantitative estimate of drug-likeness (QED) is 0.678. The monoisotopic (exact) mass is 427 g/mol. The standard InChI is InChI=1S/C24H33N3O2S/c1-24(2,3)15-22(28)27(20-8-5-4-7-19(20)25)16-17-10-12-18(13-11-17)26-23(29)21-9-6-14-30-21/h6,9-14,19-20H,4-5,7-8,15-16,25H2,1-3H3,(H,26,29). The molecule has 1 fully saturated rings. The van der Waals surface area contributed by atoms with E-state index >= 15 is 0 Å². The van der Waals surface area contributed by atoms with Gasteiger partial charge in [-0.15, -0.1) is 11.3 Å². The number of nitrogens with one attached hydrogen (secondary N) is 1. The zero-order valence-corrected chi connectivity index (χ0v) is 19.0. The van der Waals surface area contributed by atoms with E-state index in [2.05, 4.69) is 26.1 Å². The van der Waals surface area contributed by atoms with Gasteiger partial charge in [0.2, 0.25) is 5.91 Å². The molecule has 0 aliphatic heterocycles. The number of carbonyl (C=O) groups is 2. The first-order valence-corrected chi connectivity index (χ1v) is 11.6. The van der Waals surface area contributed by atoms with Gasteiger partial charge in [0.15, 0.2) is 0 Å². The fraction of sp³-hybridized carbons (Fsp3) is 0.500. The van der Waals surface area contributed by atoms with Gasteiger partial charge in [-0.1, -0.05) is 51.8 Å². The number of anilines is 1. The van der Waals surface area contributed by atoms with Crippen molar-refractivity contribution in [2.75, 3.05) is 5.32 Å². The van der Waals surface area contributed by atoms with Crippen LogP contribution in [0.4, 0.5) is 5.69 Å². The predicted molar refractivity (Wildman–Crippen MR) is 124 cm³/mol. The molecule has 162 valence electrons. The summed E-state index contributed by atoms with van der Waals surface area (Å²) < 4.78 is 0. The molecule has 3 N–H and O–H groups in total. The van der Waals surface area contributed by atoms with Crippen molar-refractivity contribution in [3.8, 4) is 0 Å². The van der Waals surface area contributed by atoms with Gasteiger partial charge < -0.3 is 16.0 Å². The highest BCUT2D eigenvalue weighted by Gasteiger charge is 2.32. The van der Waals surface area contributed by atoms with Gasteiger partial charge in [-0.25, -0.2) is 0 Å². The Labute approximate surface area is 183 Å². The van der Waals surface area contributed by atoms with E-state index in [9.17, 15) is 9.59 Å². The van der Waals surface area contributed by atoms with Crippen molar-refractivity contribution in [1.82, 2.24) is 4.90 Å². The lowest BCUT2D eigenvalue weighted by molar-refractivity contribution is -0.137. The number of benzene rings is 1. The number of nitrogens with two attached hydrogens (primary N) is 1. The summed E-state index contributed by atoms with van der Waals surface area (Å²) in [5.74, 6) is 0.0628. The second-order valence-corrected chi connectivity index (χ2v) is 10.4. The van der Waals surface area contributed by atoms with E-state index in [1.807, 2.05) is 40.6 Å². The number of carbonyl (C=O) groups excluding carboxylic acids is 2. The number of rotatable bonds is 6. The Bertz CT molecular complexity index is 840. The topological polar surface area (TPSA) is 75.4 Å². The van der Waals surface area contributed by atoms with Gasteiger partial charge in [0, 0.05) is 30.7 Å². The fourth-order valence-electron chi connectivity index (χ4n) is 3.96. The molecule has 0 spiro atoms. The Morgan fingerprint density at radius 3 is 2.43 bits per heavy atom. The van der Waals surface area contributed by atoms with Crippen LogP contribution in [-0.4, -0.2) is 28.8 Å². The van der Waals surface area contributed by atoms with E-state index in [-0.39, 0.29) is 29.3 Å². The lowest BCUT2D eigenvalue weighted by atomic mass is 9.87. The highest BCUT2D eigenvalue weighted by atomic mass is 32.1. The molecule has 0 bridgehead atoms. The van der Waals surface area contributed by atoms with E-state index in [0.717, 1.165) is 36.9 Å². The summed E-state index contributed by atoms with van der Waals surface area (Å²) in [7, 11) is 0. The largest absolute Gasteiger partial charge is 0.334 e. The molecule has 1 aromatic heterocycles. The summed E-state index contributed by atoms with van der Waals surface area (Å²) in [5.41, 5.74) is 8.15. The Kier molecular flexibility index (Phi) is 7.32. The molecule has 1 aliphatic rings. The molecule has 30 heavy (non-hydrogen) atoms. The third kappa shape index (κ3) is 6.16. The molecule has 5 nitrogen and oxygen atoms in total. The van der Waals surface area contributed by atoms with E-state index in [1.165, 1.54) is 11.3 Å². The van der Waals surface area contributed by atoms with Crippen LogP contribution in [0.3, 0.4) is 0 Å². The molecule has 1 heterocycles. The first-order valence-electron chi connectivity index (χ1n) is 10.7. The molecule has 2 unspecified atom stereocenters. The molecule has 2 aromatic rings. The maximum Gasteiger partial charge on any atom is 0.265 e. The van der Waals surface area contributed by atoms with Crippen LogP contribution in [0.25, 0.3) is 0 Å². The van der Waals surface area contributed by atoms with Gasteiger partial charge in [0.05, 0.1) is 4.88 Å². The van der Waals surface area contributed by atoms with Crippen LogP contribution < -0.4 is 11.1 Å². The molecule has 1 aliphatic carbocycles. The van der Waals surface area contributed by atoms with Crippen LogP contribution in [0.5, 0.6) is 0 Å². The fourth-order valence-corrected chi connectivity index (χ4v) is 4.58. The summed E-state index contributed by atoms with van der Waals surface area (Å²) in [6.07, 6.45) is 4.69. The van der Waals surface area contributed by atoms with E-state index in [1.54, 1.807) is 6.07 Å². The Morgan fingerprint density at radius 1 is 1.13 bits per heavy atom. The lowest BCUT2D eigenvalue weighted by Crippen LogP contribution is -2.52. The molecule has 2 atom stereocenters. The summed E-state index contributed by atoms with van der Waals surface area (Å²) in [6, 6.07) is 11.6. The van der Waals surface area contributed by atoms with Crippen LogP contribution >= 0.6 is 11.3 Å². The first-order chi connectivity index (χ1) is 14.2. The molecule has 0 saturated heterocycles. The third-order valence-corrected chi connectivity index (χ3v) is 6.36. The maximum absolute atomic E-state index is 13.2. The highest BCUT2D eigenvalue weighted by Crippen LogP contribution is 2.28. The van der Waals surface area contributed by atoms with E-state index in [0.29, 0.717) is 17.8 Å². The summed E-state index contributed by atoms with van der Waals surface area (Å²) >= 11 is 1.42. The van der Waals surface area contributed by atoms with E-state index < -0.39 is 0 Å². The molecular weight excluding hydrogens is 394 g/mol. The van der Waals surface area contributed by atoms with Crippen molar-refractivity contribution in [1.29, 1.82) is 0 Å². The molecule has 2 amide bonds. The van der Waals surface area contributed by atoms with Crippen molar-refractivity contribution < 1.29 is 9.59 Å². The number of hydrogen-bond donors (Lipinski definition) is 2. The van der Waals surface area contributed by atoms with Gasteiger partial charge in [-0.2, -0.15) is 0 Å². The van der Waals surface area contributed by atoms with Crippen molar-refractivity contribution in [2.24, 2.45) is 11.1 Å². The second kappa shape index (κ2) is 9.75. The van der Waals surface area contributed by atoms with Gasteiger partial charge in [0.1, 0.15) is 0 Å². The number of thiophene rings is 1. The second-order valence-electron chi connectivity index (χ2n) is 9.40. The first kappa shape index (κ1) is 22.5. The minimum absolute atomic E-state index is 0.0343. The van der Waals surface area contributed by atoms with Crippen LogP contribution in [0, 0.1) is 5.41 Å². The van der Waals surface area contributed by atoms with Crippen LogP contribution in [0.15, 0.2) is 41.8 Å². The Balaban J connectivity index is 1.71. The van der Waals surface area contributed by atoms with Crippen molar-refractivity contribution in [2.45, 2.75) is 71.5 Å². The average molecular weight is 428 g/mol. The maximum atomic E-state index is 13.2. The lowest BCUT2D eigenvalue weighted by Gasteiger charge is -2.39. The summed E-state index contributed by atoms with van der Waals surface area (Å²) in [4.78, 5) is 28.1. The normalized spacial score (nSPS) is 19.3. The molecular formula is C24H33N3O2S. The van der Waals surface area contributed by atoms with Gasteiger partial charge in [-0.05, 0) is 47.4 Å². The molecule has 0 radical (unpaired) electrons. The van der Waals surface area contributed by atoms with E-state index in [4.69, 9.17) is 5.73 Å². The summed E-state index contributed by atoms with van der Waals surface area (Å²) in [6.45, 7) is 6.82. The van der Waals surface area contributed by atoms with Gasteiger partial charge >= 0.3 is 0 Å². The summed E-state index contributed by atoms with van der Waals surface area (Å²) in [5, 5.41) is 4.81. The molecule has 6 heteroatoms. The SMILES string of the molecule is CC(C)(C)CC(=O)N(Cc1ccc(NC(=O)c2cccs2)cc1)C1CCCCC1N. The number of hydrogen-bond acceptors (Lipinski definition) is 4. The number of amides is 2. The Morgan fingerprint density at radius 2 is 1.83 bits per heavy atom. The predicted octanol–water partition coefficient (Wildman–Crippen LogP) is 5.04. The van der Waals surface area contributed by atoms with Crippen LogP contribution in [-0.2, 0) is 11.3 Å².